The van der Waals surface area contributed by atoms with Gasteiger partial charge in [-0.2, -0.15) is 0 Å². The van der Waals surface area contributed by atoms with E-state index in [4.69, 9.17) is 5.73 Å². The molecule has 0 aliphatic carbocycles. The van der Waals surface area contributed by atoms with Gasteiger partial charge in [0.1, 0.15) is 5.82 Å². The molecule has 0 amide bonds. The Morgan fingerprint density at radius 1 is 1.31 bits per heavy atom. The van der Waals surface area contributed by atoms with Gasteiger partial charge in [0, 0.05) is 5.54 Å². The molecule has 1 aromatic carbocycles. The molecule has 0 saturated heterocycles. The van der Waals surface area contributed by atoms with Crippen LogP contribution in [0, 0.1) is 5.82 Å². The van der Waals surface area contributed by atoms with Gasteiger partial charge in [-0.3, -0.25) is 0 Å². The van der Waals surface area contributed by atoms with Crippen LogP contribution < -0.4 is 5.73 Å². The smallest absolute Gasteiger partial charge is 0.123 e. The van der Waals surface area contributed by atoms with Gasteiger partial charge in [-0.15, -0.1) is 0 Å². The molecule has 2 nitrogen and oxygen atoms in total. The highest BCUT2D eigenvalue weighted by Gasteiger charge is 2.23. The number of rotatable bonds is 2. The molecular weight excluding hydrogens is 169 g/mol. The summed E-state index contributed by atoms with van der Waals surface area (Å²) in [5.41, 5.74) is 5.63. The van der Waals surface area contributed by atoms with E-state index in [2.05, 4.69) is 0 Å². The maximum Gasteiger partial charge on any atom is 0.123 e. The summed E-state index contributed by atoms with van der Waals surface area (Å²) in [5, 5.41) is 9.70. The minimum atomic E-state index is -0.770. The Labute approximate surface area is 77.2 Å². The summed E-state index contributed by atoms with van der Waals surface area (Å²) in [6.07, 6.45) is -0.770. The SMILES string of the molecule is CC(C)(N)[C@H](O)c1ccc(F)cc1. The van der Waals surface area contributed by atoms with Gasteiger partial charge in [-0.05, 0) is 31.5 Å². The summed E-state index contributed by atoms with van der Waals surface area (Å²) in [5.74, 6) is -0.314. The zero-order valence-corrected chi connectivity index (χ0v) is 7.79. The Balaban J connectivity index is 2.90. The van der Waals surface area contributed by atoms with Crippen LogP contribution in [-0.2, 0) is 0 Å². The van der Waals surface area contributed by atoms with E-state index >= 15 is 0 Å². The number of hydrogen-bond acceptors (Lipinski definition) is 2. The summed E-state index contributed by atoms with van der Waals surface area (Å²) in [6.45, 7) is 3.45. The van der Waals surface area contributed by atoms with Crippen molar-refractivity contribution in [3.05, 3.63) is 35.6 Å². The first-order valence-electron chi connectivity index (χ1n) is 4.13. The van der Waals surface area contributed by atoms with Crippen molar-refractivity contribution in [1.29, 1.82) is 0 Å². The van der Waals surface area contributed by atoms with Crippen molar-refractivity contribution in [2.24, 2.45) is 5.73 Å². The van der Waals surface area contributed by atoms with Gasteiger partial charge >= 0.3 is 0 Å². The van der Waals surface area contributed by atoms with Crippen LogP contribution in [0.2, 0.25) is 0 Å². The summed E-state index contributed by atoms with van der Waals surface area (Å²) in [7, 11) is 0. The van der Waals surface area contributed by atoms with Crippen LogP contribution in [0.1, 0.15) is 25.5 Å². The second kappa shape index (κ2) is 3.44. The summed E-state index contributed by atoms with van der Waals surface area (Å²) in [4.78, 5) is 0. The first-order chi connectivity index (χ1) is 5.91. The molecule has 0 fully saturated rings. The number of nitrogens with two attached hydrogens (primary N) is 1. The summed E-state index contributed by atoms with van der Waals surface area (Å²) in [6, 6.07) is 5.69. The van der Waals surface area contributed by atoms with Gasteiger partial charge < -0.3 is 10.8 Å². The number of benzene rings is 1. The van der Waals surface area contributed by atoms with E-state index in [1.165, 1.54) is 24.3 Å². The molecule has 0 bridgehead atoms. The zero-order valence-electron chi connectivity index (χ0n) is 7.79. The van der Waals surface area contributed by atoms with Crippen molar-refractivity contribution >= 4 is 0 Å². The highest BCUT2D eigenvalue weighted by molar-refractivity contribution is 5.21. The summed E-state index contributed by atoms with van der Waals surface area (Å²) >= 11 is 0. The van der Waals surface area contributed by atoms with Crippen molar-refractivity contribution in [3.63, 3.8) is 0 Å². The minimum absolute atomic E-state index is 0.314. The lowest BCUT2D eigenvalue weighted by atomic mass is 9.92. The van der Waals surface area contributed by atoms with Crippen LogP contribution >= 0.6 is 0 Å². The molecule has 1 aromatic rings. The fraction of sp³-hybridized carbons (Fsp3) is 0.400. The largest absolute Gasteiger partial charge is 0.387 e. The van der Waals surface area contributed by atoms with Gasteiger partial charge in [0.05, 0.1) is 6.10 Å². The summed E-state index contributed by atoms with van der Waals surface area (Å²) < 4.78 is 12.5. The predicted octanol–water partition coefficient (Wildman–Crippen LogP) is 1.60. The monoisotopic (exact) mass is 183 g/mol. The molecule has 0 heterocycles. The Morgan fingerprint density at radius 3 is 2.15 bits per heavy atom. The van der Waals surface area contributed by atoms with Gasteiger partial charge in [-0.25, -0.2) is 4.39 Å². The molecular formula is C10H14FNO. The highest BCUT2D eigenvalue weighted by atomic mass is 19.1. The second-order valence-electron chi connectivity index (χ2n) is 3.78. The third-order valence-corrected chi connectivity index (χ3v) is 1.89. The average molecular weight is 183 g/mol. The maximum atomic E-state index is 12.5. The fourth-order valence-corrected chi connectivity index (χ4v) is 1.07. The normalized spacial score (nSPS) is 14.2. The molecule has 3 heteroatoms. The van der Waals surface area contributed by atoms with Gasteiger partial charge in [0.15, 0.2) is 0 Å². The fourth-order valence-electron chi connectivity index (χ4n) is 1.07. The number of aliphatic hydroxyl groups excluding tert-OH is 1. The van der Waals surface area contributed by atoms with Crippen LogP contribution in [0.3, 0.4) is 0 Å². The molecule has 0 aliphatic heterocycles. The molecule has 0 radical (unpaired) electrons. The Morgan fingerprint density at radius 2 is 1.77 bits per heavy atom. The van der Waals surface area contributed by atoms with E-state index in [1.54, 1.807) is 13.8 Å². The molecule has 0 aromatic heterocycles. The van der Waals surface area contributed by atoms with Crippen LogP contribution in [0.15, 0.2) is 24.3 Å². The zero-order chi connectivity index (χ0) is 10.1. The predicted molar refractivity (Wildman–Crippen MR) is 49.6 cm³/mol. The van der Waals surface area contributed by atoms with Crippen LogP contribution in [0.5, 0.6) is 0 Å². The third kappa shape index (κ3) is 2.50. The molecule has 1 atom stereocenters. The molecule has 0 spiro atoms. The van der Waals surface area contributed by atoms with Gasteiger partial charge in [0.25, 0.3) is 0 Å². The van der Waals surface area contributed by atoms with Crippen molar-refractivity contribution in [3.8, 4) is 0 Å². The molecule has 1 rings (SSSR count). The average Bonchev–Trinajstić information content (AvgIpc) is 2.03. The van der Waals surface area contributed by atoms with E-state index in [0.717, 1.165) is 0 Å². The van der Waals surface area contributed by atoms with Crippen molar-refractivity contribution in [2.75, 3.05) is 0 Å². The number of aliphatic hydroxyl groups is 1. The lowest BCUT2D eigenvalue weighted by Gasteiger charge is -2.25. The molecule has 72 valence electrons. The van der Waals surface area contributed by atoms with E-state index in [-0.39, 0.29) is 5.82 Å². The van der Waals surface area contributed by atoms with Crippen molar-refractivity contribution < 1.29 is 9.50 Å². The van der Waals surface area contributed by atoms with Gasteiger partial charge in [-0.1, -0.05) is 12.1 Å². The molecule has 0 aliphatic rings. The maximum absolute atomic E-state index is 12.5. The van der Waals surface area contributed by atoms with Gasteiger partial charge in [0.2, 0.25) is 0 Å². The van der Waals surface area contributed by atoms with Crippen molar-refractivity contribution in [1.82, 2.24) is 0 Å². The Kier molecular flexibility index (Phi) is 2.68. The second-order valence-corrected chi connectivity index (χ2v) is 3.78. The topological polar surface area (TPSA) is 46.2 Å². The van der Waals surface area contributed by atoms with Crippen LogP contribution in [-0.4, -0.2) is 10.6 Å². The first-order valence-corrected chi connectivity index (χ1v) is 4.13. The Bertz CT molecular complexity index is 276. The Hall–Kier alpha value is -0.930. The van der Waals surface area contributed by atoms with E-state index in [1.807, 2.05) is 0 Å². The first kappa shape index (κ1) is 10.2. The van der Waals surface area contributed by atoms with E-state index < -0.39 is 11.6 Å². The standard InChI is InChI=1S/C10H14FNO/c1-10(2,12)9(13)7-3-5-8(11)6-4-7/h3-6,9,13H,12H2,1-2H3/t9-/m1/s1. The molecule has 0 saturated carbocycles. The van der Waals surface area contributed by atoms with Crippen molar-refractivity contribution in [2.45, 2.75) is 25.5 Å². The quantitative estimate of drug-likeness (QED) is 0.731. The van der Waals surface area contributed by atoms with Crippen LogP contribution in [0.4, 0.5) is 4.39 Å². The molecule has 0 unspecified atom stereocenters. The molecule has 3 N–H and O–H groups in total. The highest BCUT2D eigenvalue weighted by Crippen LogP contribution is 2.22. The third-order valence-electron chi connectivity index (χ3n) is 1.89. The van der Waals surface area contributed by atoms with E-state index in [9.17, 15) is 9.50 Å². The molecule has 13 heavy (non-hydrogen) atoms. The number of halogens is 1. The lowest BCUT2D eigenvalue weighted by molar-refractivity contribution is 0.104. The van der Waals surface area contributed by atoms with Crippen LogP contribution in [0.25, 0.3) is 0 Å². The lowest BCUT2D eigenvalue weighted by Crippen LogP contribution is -2.39. The minimum Gasteiger partial charge on any atom is -0.387 e. The van der Waals surface area contributed by atoms with E-state index in [0.29, 0.717) is 5.56 Å². The number of hydrogen-bond donors (Lipinski definition) is 2.